The maximum absolute atomic E-state index is 12.4. The summed E-state index contributed by atoms with van der Waals surface area (Å²) < 4.78 is 1.28. The van der Waals surface area contributed by atoms with Crippen molar-refractivity contribution in [1.82, 2.24) is 19.8 Å². The van der Waals surface area contributed by atoms with E-state index in [0.717, 1.165) is 25.9 Å². The van der Waals surface area contributed by atoms with Crippen LogP contribution >= 0.6 is 0 Å². The molecule has 1 aromatic carbocycles. The van der Waals surface area contributed by atoms with Gasteiger partial charge in [-0.2, -0.15) is 0 Å². The van der Waals surface area contributed by atoms with E-state index >= 15 is 0 Å². The van der Waals surface area contributed by atoms with Crippen LogP contribution in [0.3, 0.4) is 0 Å². The molecular weight excluding hydrogens is 332 g/mol. The van der Waals surface area contributed by atoms with Gasteiger partial charge in [0.1, 0.15) is 6.54 Å². The fourth-order valence-electron chi connectivity index (χ4n) is 3.31. The predicted octanol–water partition coefficient (Wildman–Crippen LogP) is 1.16. The number of aromatic nitrogens is 2. The summed E-state index contributed by atoms with van der Waals surface area (Å²) in [6, 6.07) is 7.03. The zero-order chi connectivity index (χ0) is 18.5. The van der Waals surface area contributed by atoms with Gasteiger partial charge in [-0.25, -0.2) is 4.98 Å². The number of rotatable bonds is 5. The Labute approximate surface area is 152 Å². The molecule has 7 heteroatoms. The fraction of sp³-hybridized carbons (Fsp3) is 0.474. The first kappa shape index (κ1) is 18.1. The molecule has 1 fully saturated rings. The largest absolute Gasteiger partial charge is 0.354 e. The fourth-order valence-corrected chi connectivity index (χ4v) is 3.31. The van der Waals surface area contributed by atoms with Gasteiger partial charge in [-0.3, -0.25) is 19.0 Å². The number of piperidine rings is 1. The van der Waals surface area contributed by atoms with Crippen LogP contribution in [0.4, 0.5) is 0 Å². The van der Waals surface area contributed by atoms with E-state index in [1.807, 2.05) is 11.0 Å². The Morgan fingerprint density at radius 3 is 2.92 bits per heavy atom. The minimum atomic E-state index is -0.302. The number of hydrogen-bond acceptors (Lipinski definition) is 4. The van der Waals surface area contributed by atoms with E-state index in [0.29, 0.717) is 16.8 Å². The average Bonchev–Trinajstić information content (AvgIpc) is 2.64. The molecule has 2 heterocycles. The van der Waals surface area contributed by atoms with Gasteiger partial charge in [-0.15, -0.1) is 0 Å². The van der Waals surface area contributed by atoms with Crippen LogP contribution in [-0.2, 0) is 16.1 Å². The Balaban J connectivity index is 1.51. The zero-order valence-electron chi connectivity index (χ0n) is 15.0. The number of nitrogens with one attached hydrogen (secondary N) is 1. The number of amides is 2. The zero-order valence-corrected chi connectivity index (χ0v) is 15.0. The summed E-state index contributed by atoms with van der Waals surface area (Å²) in [6.07, 6.45) is 3.86. The van der Waals surface area contributed by atoms with Gasteiger partial charge in [0, 0.05) is 26.1 Å². The van der Waals surface area contributed by atoms with Gasteiger partial charge in [0.2, 0.25) is 11.8 Å². The van der Waals surface area contributed by atoms with Crippen molar-refractivity contribution in [2.24, 2.45) is 5.92 Å². The van der Waals surface area contributed by atoms with Crippen LogP contribution in [0.1, 0.15) is 26.2 Å². The number of likely N-dealkylation sites (tertiary alicyclic amines) is 1. The number of fused-ring (bicyclic) bond motifs is 1. The lowest BCUT2D eigenvalue weighted by molar-refractivity contribution is -0.132. The van der Waals surface area contributed by atoms with Gasteiger partial charge in [0.25, 0.3) is 5.56 Å². The quantitative estimate of drug-likeness (QED) is 0.871. The third kappa shape index (κ3) is 4.28. The number of carbonyl (C=O) groups is 2. The van der Waals surface area contributed by atoms with Crippen LogP contribution in [0.5, 0.6) is 0 Å². The van der Waals surface area contributed by atoms with Gasteiger partial charge in [0.15, 0.2) is 0 Å². The average molecular weight is 356 g/mol. The molecule has 1 aliphatic heterocycles. The molecule has 0 unspecified atom stereocenters. The first-order chi connectivity index (χ1) is 12.5. The molecule has 1 aliphatic rings. The lowest BCUT2D eigenvalue weighted by Gasteiger charge is -2.31. The van der Waals surface area contributed by atoms with Crippen molar-refractivity contribution in [2.75, 3.05) is 19.6 Å². The summed E-state index contributed by atoms with van der Waals surface area (Å²) in [7, 11) is 0. The Kier molecular flexibility index (Phi) is 5.65. The number of para-hydroxylation sites is 1. The minimum absolute atomic E-state index is 0.0707. The van der Waals surface area contributed by atoms with Crippen molar-refractivity contribution in [3.8, 4) is 0 Å². The predicted molar refractivity (Wildman–Crippen MR) is 98.6 cm³/mol. The van der Waals surface area contributed by atoms with Crippen LogP contribution < -0.4 is 10.9 Å². The van der Waals surface area contributed by atoms with Crippen molar-refractivity contribution in [3.63, 3.8) is 0 Å². The third-order valence-corrected chi connectivity index (χ3v) is 4.72. The Hall–Kier alpha value is -2.70. The maximum atomic E-state index is 12.4. The standard InChI is InChI=1S/C19H24N4O3/c1-14-5-4-10-22(11-14)18(25)8-9-20-17(24)12-23-13-21-16-7-3-2-6-15(16)19(23)26/h2-3,6-7,13-14H,4-5,8-12H2,1H3,(H,20,24)/t14-/m1/s1. The van der Waals surface area contributed by atoms with Crippen molar-refractivity contribution in [3.05, 3.63) is 40.9 Å². The first-order valence-electron chi connectivity index (χ1n) is 9.03. The van der Waals surface area contributed by atoms with E-state index in [-0.39, 0.29) is 36.9 Å². The highest BCUT2D eigenvalue weighted by Gasteiger charge is 2.20. The number of nitrogens with zero attached hydrogens (tertiary/aromatic N) is 3. The van der Waals surface area contributed by atoms with E-state index < -0.39 is 0 Å². The van der Waals surface area contributed by atoms with E-state index in [1.165, 1.54) is 10.9 Å². The molecule has 138 valence electrons. The Morgan fingerprint density at radius 1 is 1.31 bits per heavy atom. The van der Waals surface area contributed by atoms with Gasteiger partial charge in [0.05, 0.1) is 17.2 Å². The van der Waals surface area contributed by atoms with Crippen molar-refractivity contribution < 1.29 is 9.59 Å². The summed E-state index contributed by atoms with van der Waals surface area (Å²) in [5.74, 6) is 0.306. The SMILES string of the molecule is C[C@@H]1CCCN(C(=O)CCNC(=O)Cn2cnc3ccccc3c2=O)C1. The molecule has 7 nitrogen and oxygen atoms in total. The van der Waals surface area contributed by atoms with Crippen molar-refractivity contribution >= 4 is 22.7 Å². The summed E-state index contributed by atoms with van der Waals surface area (Å²) in [4.78, 5) is 42.7. The molecule has 0 bridgehead atoms. The monoisotopic (exact) mass is 356 g/mol. The minimum Gasteiger partial charge on any atom is -0.354 e. The molecule has 1 aromatic heterocycles. The topological polar surface area (TPSA) is 84.3 Å². The van der Waals surface area contributed by atoms with Crippen molar-refractivity contribution in [1.29, 1.82) is 0 Å². The van der Waals surface area contributed by atoms with Crippen LogP contribution in [0.25, 0.3) is 10.9 Å². The molecule has 3 rings (SSSR count). The van der Waals surface area contributed by atoms with Crippen LogP contribution in [-0.4, -0.2) is 45.9 Å². The molecule has 0 saturated carbocycles. The van der Waals surface area contributed by atoms with Crippen LogP contribution in [0.2, 0.25) is 0 Å². The lowest BCUT2D eigenvalue weighted by Crippen LogP contribution is -2.41. The Bertz CT molecular complexity index is 861. The van der Waals surface area contributed by atoms with Gasteiger partial charge < -0.3 is 10.2 Å². The van der Waals surface area contributed by atoms with E-state index in [4.69, 9.17) is 0 Å². The summed E-state index contributed by atoms with van der Waals surface area (Å²) in [5.41, 5.74) is 0.361. The molecular formula is C19H24N4O3. The van der Waals surface area contributed by atoms with E-state index in [2.05, 4.69) is 17.2 Å². The van der Waals surface area contributed by atoms with E-state index in [9.17, 15) is 14.4 Å². The van der Waals surface area contributed by atoms with Crippen LogP contribution in [0, 0.1) is 5.92 Å². The molecule has 0 aliphatic carbocycles. The Morgan fingerprint density at radius 2 is 2.12 bits per heavy atom. The van der Waals surface area contributed by atoms with Crippen molar-refractivity contribution in [2.45, 2.75) is 32.7 Å². The first-order valence-corrected chi connectivity index (χ1v) is 9.03. The molecule has 1 N–H and O–H groups in total. The second kappa shape index (κ2) is 8.12. The van der Waals surface area contributed by atoms with E-state index in [1.54, 1.807) is 18.2 Å². The lowest BCUT2D eigenvalue weighted by atomic mass is 10.00. The van der Waals surface area contributed by atoms with Gasteiger partial charge in [-0.1, -0.05) is 19.1 Å². The normalized spacial score (nSPS) is 17.3. The smallest absolute Gasteiger partial charge is 0.261 e. The molecule has 0 spiro atoms. The summed E-state index contributed by atoms with van der Waals surface area (Å²) >= 11 is 0. The number of carbonyl (C=O) groups excluding carboxylic acids is 2. The molecule has 0 radical (unpaired) electrons. The second-order valence-corrected chi connectivity index (χ2v) is 6.88. The summed E-state index contributed by atoms with van der Waals surface area (Å²) in [6.45, 7) is 3.92. The number of benzene rings is 1. The maximum Gasteiger partial charge on any atom is 0.261 e. The molecule has 2 aromatic rings. The van der Waals surface area contributed by atoms with Crippen LogP contribution in [0.15, 0.2) is 35.4 Å². The van der Waals surface area contributed by atoms with Gasteiger partial charge >= 0.3 is 0 Å². The third-order valence-electron chi connectivity index (χ3n) is 4.72. The second-order valence-electron chi connectivity index (χ2n) is 6.88. The highest BCUT2D eigenvalue weighted by Crippen LogP contribution is 2.15. The molecule has 2 amide bonds. The van der Waals surface area contributed by atoms with Gasteiger partial charge in [-0.05, 0) is 30.9 Å². The molecule has 1 saturated heterocycles. The molecule has 1 atom stereocenters. The highest BCUT2D eigenvalue weighted by atomic mass is 16.2. The summed E-state index contributed by atoms with van der Waals surface area (Å²) in [5, 5.41) is 3.20. The number of hydrogen-bond donors (Lipinski definition) is 1. The highest BCUT2D eigenvalue weighted by molar-refractivity contribution is 5.80. The molecule has 26 heavy (non-hydrogen) atoms.